The van der Waals surface area contributed by atoms with Gasteiger partial charge in [0.2, 0.25) is 0 Å². The molecule has 1 amide bonds. The number of carboxylic acids is 1. The molecule has 216 valence electrons. The standard InChI is InChI=1S/C33H27N3O4S3/c37-28(38)19-34-30(39)27(42-32(34)29-31(40)35(33(41)43-29)18-20-8-3-1-4-9-20)17-21-14-15-26-24(16-21)23-12-7-13-25(23)36(26)22-10-5-2-6-11-22/h1-6,8-11,14-17,23,25H,7,12-13,18-19H2,(H,37,38)/b27-17+,32-29+. The van der Waals surface area contributed by atoms with Crippen LogP contribution in [0.1, 0.15) is 41.9 Å². The van der Waals surface area contributed by atoms with Crippen molar-refractivity contribution >= 4 is 73.9 Å². The lowest BCUT2D eigenvalue weighted by Crippen LogP contribution is -2.35. The van der Waals surface area contributed by atoms with E-state index in [0.29, 0.717) is 32.0 Å². The topological polar surface area (TPSA) is 82.8 Å². The third-order valence-electron chi connectivity index (χ3n) is 8.28. The van der Waals surface area contributed by atoms with Crippen LogP contribution in [-0.2, 0) is 22.7 Å². The van der Waals surface area contributed by atoms with Gasteiger partial charge >= 0.3 is 5.97 Å². The molecular weight excluding hydrogens is 599 g/mol. The zero-order valence-corrected chi connectivity index (χ0v) is 25.5. The number of carbonyl (C=O) groups is 2. The molecule has 1 saturated heterocycles. The summed E-state index contributed by atoms with van der Waals surface area (Å²) in [4.78, 5) is 43.1. The van der Waals surface area contributed by atoms with Crippen LogP contribution in [-0.4, -0.2) is 36.8 Å². The van der Waals surface area contributed by atoms with Crippen LogP contribution in [0.5, 0.6) is 0 Å². The molecule has 1 saturated carbocycles. The van der Waals surface area contributed by atoms with Crippen LogP contribution in [0, 0.1) is 0 Å². The fraction of sp³-hybridized carbons (Fsp3) is 0.212. The molecule has 2 aliphatic heterocycles. The van der Waals surface area contributed by atoms with Gasteiger partial charge in [0.05, 0.1) is 11.1 Å². The zero-order valence-electron chi connectivity index (χ0n) is 23.0. The van der Waals surface area contributed by atoms with E-state index in [0.717, 1.165) is 47.1 Å². The van der Waals surface area contributed by atoms with Gasteiger partial charge in [0, 0.05) is 23.3 Å². The quantitative estimate of drug-likeness (QED) is 0.309. The number of hydrogen-bond acceptors (Lipinski definition) is 7. The van der Waals surface area contributed by atoms with E-state index in [1.54, 1.807) is 0 Å². The Morgan fingerprint density at radius 1 is 1.00 bits per heavy atom. The smallest absolute Gasteiger partial charge is 0.323 e. The van der Waals surface area contributed by atoms with Gasteiger partial charge in [-0.2, -0.15) is 0 Å². The molecule has 2 unspecified atom stereocenters. The first kappa shape index (κ1) is 27.8. The normalized spacial score (nSPS) is 21.1. The number of thioether (sulfide) groups is 1. The summed E-state index contributed by atoms with van der Waals surface area (Å²) in [6, 6.07) is 26.7. The molecular formula is C33H27N3O4S3. The highest BCUT2D eigenvalue weighted by atomic mass is 32.2. The Hall–Kier alpha value is -3.99. The summed E-state index contributed by atoms with van der Waals surface area (Å²) in [6.07, 6.45) is 5.24. The summed E-state index contributed by atoms with van der Waals surface area (Å²) in [5.41, 5.74) is 5.04. The number of carbonyl (C=O) groups excluding carboxylic acids is 1. The van der Waals surface area contributed by atoms with Gasteiger partial charge in [-0.1, -0.05) is 85.0 Å². The number of para-hydroxylation sites is 1. The third-order valence-corrected chi connectivity index (χ3v) is 11.0. The van der Waals surface area contributed by atoms with E-state index >= 15 is 0 Å². The van der Waals surface area contributed by atoms with E-state index in [-0.39, 0.29) is 10.8 Å². The van der Waals surface area contributed by atoms with E-state index in [9.17, 15) is 19.5 Å². The molecule has 0 radical (unpaired) electrons. The highest BCUT2D eigenvalue weighted by Gasteiger charge is 2.42. The van der Waals surface area contributed by atoms with Crippen molar-refractivity contribution < 1.29 is 14.7 Å². The molecule has 1 N–H and O–H groups in total. The average molecular weight is 626 g/mol. The molecule has 0 bridgehead atoms. The van der Waals surface area contributed by atoms with Gasteiger partial charge in [-0.3, -0.25) is 23.9 Å². The van der Waals surface area contributed by atoms with Crippen LogP contribution in [0.15, 0.2) is 83.7 Å². The average Bonchev–Trinajstić information content (AvgIpc) is 3.74. The minimum absolute atomic E-state index is 0.283. The molecule has 4 aromatic rings. The summed E-state index contributed by atoms with van der Waals surface area (Å²) in [5, 5.41) is 9.63. The number of thiazole rings is 1. The number of benzene rings is 3. The molecule has 3 heterocycles. The van der Waals surface area contributed by atoms with Gasteiger partial charge in [0.1, 0.15) is 20.4 Å². The van der Waals surface area contributed by atoms with Gasteiger partial charge in [0.15, 0.2) is 0 Å². The van der Waals surface area contributed by atoms with Crippen LogP contribution in [0.25, 0.3) is 11.0 Å². The van der Waals surface area contributed by atoms with Crippen molar-refractivity contribution in [3.8, 4) is 0 Å². The van der Waals surface area contributed by atoms with Gasteiger partial charge in [-0.05, 0) is 59.9 Å². The van der Waals surface area contributed by atoms with Gasteiger partial charge in [-0.15, -0.1) is 11.3 Å². The number of aliphatic carboxylic acids is 1. The Morgan fingerprint density at radius 2 is 1.74 bits per heavy atom. The molecule has 10 heteroatoms. The minimum atomic E-state index is -1.15. The van der Waals surface area contributed by atoms with Gasteiger partial charge in [0.25, 0.3) is 11.5 Å². The maximum Gasteiger partial charge on any atom is 0.323 e. The van der Waals surface area contributed by atoms with Crippen LogP contribution >= 0.6 is 35.3 Å². The van der Waals surface area contributed by atoms with Crippen LogP contribution in [0.3, 0.4) is 0 Å². The lowest BCUT2D eigenvalue weighted by Gasteiger charge is -2.27. The van der Waals surface area contributed by atoms with Crippen molar-refractivity contribution in [1.29, 1.82) is 0 Å². The van der Waals surface area contributed by atoms with Crippen molar-refractivity contribution in [1.82, 2.24) is 9.47 Å². The Morgan fingerprint density at radius 3 is 2.49 bits per heavy atom. The Bertz CT molecular complexity index is 1950. The number of nitrogens with zero attached hydrogens (tertiary/aromatic N) is 3. The van der Waals surface area contributed by atoms with E-state index < -0.39 is 18.1 Å². The van der Waals surface area contributed by atoms with Crippen molar-refractivity contribution in [3.63, 3.8) is 0 Å². The predicted molar refractivity (Wildman–Crippen MR) is 175 cm³/mol. The Labute approximate surface area is 261 Å². The second kappa shape index (κ2) is 11.3. The highest BCUT2D eigenvalue weighted by Crippen LogP contribution is 2.52. The monoisotopic (exact) mass is 625 g/mol. The summed E-state index contributed by atoms with van der Waals surface area (Å²) >= 11 is 7.79. The van der Waals surface area contributed by atoms with E-state index in [1.807, 2.05) is 48.5 Å². The number of aromatic nitrogens is 1. The maximum absolute atomic E-state index is 13.6. The first-order valence-corrected chi connectivity index (χ1v) is 16.2. The number of anilines is 2. The molecule has 7 rings (SSSR count). The van der Waals surface area contributed by atoms with Crippen molar-refractivity contribution in [2.75, 3.05) is 4.90 Å². The summed E-state index contributed by atoms with van der Waals surface area (Å²) < 4.78 is 2.26. The first-order chi connectivity index (χ1) is 20.9. The number of fused-ring (bicyclic) bond motifs is 3. The maximum atomic E-state index is 13.6. The van der Waals surface area contributed by atoms with E-state index in [4.69, 9.17) is 12.2 Å². The minimum Gasteiger partial charge on any atom is -0.480 e. The molecule has 0 spiro atoms. The predicted octanol–water partition coefficient (Wildman–Crippen LogP) is 4.78. The highest BCUT2D eigenvalue weighted by molar-refractivity contribution is 8.30. The molecule has 7 nitrogen and oxygen atoms in total. The molecule has 3 aromatic carbocycles. The van der Waals surface area contributed by atoms with Crippen LogP contribution in [0.2, 0.25) is 0 Å². The molecule has 1 aliphatic carbocycles. The lowest BCUT2D eigenvalue weighted by atomic mass is 9.96. The van der Waals surface area contributed by atoms with Crippen molar-refractivity contribution in [3.05, 3.63) is 115 Å². The Balaban J connectivity index is 1.30. The SMILES string of the molecule is O=C(O)Cn1c(=O)/c(=C\c2ccc3c(c2)C2CCCC2N3c2ccccc2)s/c1=C1/SC(=S)N(Cc2ccccc2)C1=O. The second-order valence-electron chi connectivity index (χ2n) is 10.9. The Kier molecular flexibility index (Phi) is 7.28. The molecule has 2 atom stereocenters. The summed E-state index contributed by atoms with van der Waals surface area (Å²) in [6.45, 7) is -0.235. The number of amides is 1. The third kappa shape index (κ3) is 5.03. The first-order valence-electron chi connectivity index (χ1n) is 14.1. The summed E-state index contributed by atoms with van der Waals surface area (Å²) in [5.74, 6) is -1.05. The number of hydrogen-bond donors (Lipinski definition) is 1. The van der Waals surface area contributed by atoms with E-state index in [1.165, 1.54) is 32.8 Å². The number of rotatable bonds is 6. The molecule has 2 fully saturated rings. The molecule has 3 aliphatic rings. The summed E-state index contributed by atoms with van der Waals surface area (Å²) in [7, 11) is 0. The van der Waals surface area contributed by atoms with Gasteiger partial charge in [-0.25, -0.2) is 0 Å². The number of carboxylic acid groups (broad SMARTS) is 1. The fourth-order valence-electron chi connectivity index (χ4n) is 6.44. The van der Waals surface area contributed by atoms with Crippen LogP contribution in [0.4, 0.5) is 11.4 Å². The molecule has 1 aromatic heterocycles. The largest absolute Gasteiger partial charge is 0.480 e. The van der Waals surface area contributed by atoms with Crippen LogP contribution < -0.4 is 19.7 Å². The number of thiocarbonyl (C=S) groups is 1. The van der Waals surface area contributed by atoms with E-state index in [2.05, 4.69) is 41.3 Å². The van der Waals surface area contributed by atoms with Crippen molar-refractivity contribution in [2.24, 2.45) is 0 Å². The second-order valence-corrected chi connectivity index (χ2v) is 13.6. The van der Waals surface area contributed by atoms with Crippen molar-refractivity contribution in [2.45, 2.75) is 44.3 Å². The lowest BCUT2D eigenvalue weighted by molar-refractivity contribution is -0.137. The fourth-order valence-corrected chi connectivity index (χ4v) is 8.95. The molecule has 43 heavy (non-hydrogen) atoms. The van der Waals surface area contributed by atoms with Gasteiger partial charge < -0.3 is 10.0 Å². The zero-order chi connectivity index (χ0) is 29.7.